The molecule has 4 N–H and O–H groups in total. The number of aryl methyl sites for hydroxylation is 1. The first-order valence-corrected chi connectivity index (χ1v) is 13.3. The molecule has 0 radical (unpaired) electrons. The zero-order valence-electron chi connectivity index (χ0n) is 22.8. The number of ether oxygens (including phenoxy) is 1. The van der Waals surface area contributed by atoms with Crippen LogP contribution in [0.3, 0.4) is 0 Å². The fourth-order valence-electron chi connectivity index (χ4n) is 4.74. The zero-order chi connectivity index (χ0) is 29.9. The molecular formula is C30H29F3N6O3. The first-order valence-electron chi connectivity index (χ1n) is 13.3. The van der Waals surface area contributed by atoms with Crippen molar-refractivity contribution >= 4 is 34.4 Å². The zero-order valence-corrected chi connectivity index (χ0v) is 22.8. The van der Waals surface area contributed by atoms with Crippen molar-refractivity contribution in [2.45, 2.75) is 13.1 Å². The summed E-state index contributed by atoms with van der Waals surface area (Å²) in [5.41, 5.74) is 7.63. The summed E-state index contributed by atoms with van der Waals surface area (Å²) in [6.45, 7) is 5.33. The number of carbonyl (C=O) groups is 2. The van der Waals surface area contributed by atoms with E-state index in [9.17, 15) is 22.8 Å². The third-order valence-electron chi connectivity index (χ3n) is 7.01. The number of amides is 2. The number of benzene rings is 3. The lowest BCUT2D eigenvalue weighted by atomic mass is 9.97. The van der Waals surface area contributed by atoms with E-state index in [0.717, 1.165) is 47.3 Å². The topological polar surface area (TPSA) is 122 Å². The maximum atomic E-state index is 13.7. The molecule has 12 heteroatoms. The number of nitrogens with two attached hydrogens (primary N) is 1. The van der Waals surface area contributed by atoms with Gasteiger partial charge >= 0.3 is 6.18 Å². The van der Waals surface area contributed by atoms with Gasteiger partial charge in [0.15, 0.2) is 0 Å². The average Bonchev–Trinajstić information content (AvgIpc) is 2.97. The van der Waals surface area contributed by atoms with E-state index in [2.05, 4.69) is 25.5 Å². The summed E-state index contributed by atoms with van der Waals surface area (Å²) < 4.78 is 46.4. The number of alkyl halides is 3. The van der Waals surface area contributed by atoms with Crippen molar-refractivity contribution in [3.05, 3.63) is 83.0 Å². The van der Waals surface area contributed by atoms with Gasteiger partial charge in [0.05, 0.1) is 24.3 Å². The number of rotatable bonds is 7. The van der Waals surface area contributed by atoms with Crippen LogP contribution in [0.1, 0.15) is 31.8 Å². The number of fused-ring (bicyclic) bond motifs is 1. The quantitative estimate of drug-likeness (QED) is 0.295. The van der Waals surface area contributed by atoms with E-state index in [1.165, 1.54) is 6.07 Å². The number of carbonyl (C=O) groups excluding carboxylic acids is 2. The molecule has 0 spiro atoms. The first kappa shape index (κ1) is 29.0. The minimum Gasteiger partial charge on any atom is -0.379 e. The summed E-state index contributed by atoms with van der Waals surface area (Å²) in [6.07, 6.45) is -3.11. The van der Waals surface area contributed by atoms with E-state index in [0.29, 0.717) is 25.3 Å². The Kier molecular flexibility index (Phi) is 8.36. The summed E-state index contributed by atoms with van der Waals surface area (Å²) in [5, 5.41) is 5.96. The van der Waals surface area contributed by atoms with Crippen LogP contribution < -0.4 is 16.4 Å². The van der Waals surface area contributed by atoms with Crippen LogP contribution in [0.5, 0.6) is 0 Å². The molecule has 1 saturated heterocycles. The minimum absolute atomic E-state index is 0.143. The van der Waals surface area contributed by atoms with E-state index in [4.69, 9.17) is 10.5 Å². The molecule has 5 rings (SSSR count). The molecule has 0 saturated carbocycles. The van der Waals surface area contributed by atoms with E-state index in [1.54, 1.807) is 30.5 Å². The van der Waals surface area contributed by atoms with Crippen molar-refractivity contribution in [2.24, 2.45) is 0 Å². The molecule has 218 valence electrons. The van der Waals surface area contributed by atoms with Crippen LogP contribution in [-0.2, 0) is 10.9 Å². The van der Waals surface area contributed by atoms with Crippen molar-refractivity contribution in [1.82, 2.24) is 20.2 Å². The minimum atomic E-state index is -4.72. The third-order valence-corrected chi connectivity index (χ3v) is 7.01. The fraction of sp³-hybridized carbons (Fsp3) is 0.267. The second-order valence-electron chi connectivity index (χ2n) is 9.99. The second-order valence-corrected chi connectivity index (χ2v) is 9.99. The highest BCUT2D eigenvalue weighted by Gasteiger charge is 2.32. The van der Waals surface area contributed by atoms with Crippen LogP contribution in [0.15, 0.2) is 60.8 Å². The maximum absolute atomic E-state index is 13.7. The largest absolute Gasteiger partial charge is 0.416 e. The molecule has 0 bridgehead atoms. The van der Waals surface area contributed by atoms with Crippen LogP contribution in [0.2, 0.25) is 0 Å². The van der Waals surface area contributed by atoms with Crippen LogP contribution >= 0.6 is 0 Å². The van der Waals surface area contributed by atoms with Crippen molar-refractivity contribution in [3.63, 3.8) is 0 Å². The van der Waals surface area contributed by atoms with Gasteiger partial charge in [0.2, 0.25) is 5.95 Å². The average molecular weight is 579 g/mol. The third kappa shape index (κ3) is 6.84. The lowest BCUT2D eigenvalue weighted by Crippen LogP contribution is -2.41. The van der Waals surface area contributed by atoms with E-state index in [1.807, 2.05) is 19.1 Å². The van der Waals surface area contributed by atoms with Gasteiger partial charge in [-0.05, 0) is 66.1 Å². The molecule has 1 aromatic heterocycles. The van der Waals surface area contributed by atoms with Gasteiger partial charge in [-0.2, -0.15) is 13.2 Å². The van der Waals surface area contributed by atoms with E-state index >= 15 is 0 Å². The number of anilines is 2. The molecule has 1 fully saturated rings. The van der Waals surface area contributed by atoms with Crippen LogP contribution in [-0.4, -0.2) is 66.1 Å². The summed E-state index contributed by atoms with van der Waals surface area (Å²) in [4.78, 5) is 36.3. The van der Waals surface area contributed by atoms with Crippen molar-refractivity contribution < 1.29 is 27.5 Å². The molecule has 42 heavy (non-hydrogen) atoms. The molecule has 0 unspecified atom stereocenters. The van der Waals surface area contributed by atoms with Gasteiger partial charge in [-0.3, -0.25) is 14.5 Å². The Morgan fingerprint density at radius 2 is 1.79 bits per heavy atom. The van der Waals surface area contributed by atoms with Crippen molar-refractivity contribution in [3.8, 4) is 11.1 Å². The molecule has 2 heterocycles. The molecule has 0 aliphatic carbocycles. The van der Waals surface area contributed by atoms with Gasteiger partial charge in [-0.1, -0.05) is 12.1 Å². The second kappa shape index (κ2) is 12.1. The predicted molar refractivity (Wildman–Crippen MR) is 153 cm³/mol. The Morgan fingerprint density at radius 1 is 1.00 bits per heavy atom. The number of aromatic nitrogens is 2. The Hall–Kier alpha value is -4.55. The van der Waals surface area contributed by atoms with Gasteiger partial charge in [0, 0.05) is 54.6 Å². The number of hydrogen-bond donors (Lipinski definition) is 3. The van der Waals surface area contributed by atoms with Crippen molar-refractivity contribution in [2.75, 3.05) is 50.4 Å². The molecule has 1 aliphatic heterocycles. The standard InChI is InChI=1S/C30H29F3N6O3/c1-18-2-3-20(15-25(18)19-4-5-26-22(12-19)17-36-29(34)38-26)28(41)37-24-14-21(13-23(16-24)30(31,32)33)27(40)35-6-7-39-8-10-42-11-9-39/h2-5,12-17H,6-11H2,1H3,(H,35,40)(H,37,41)(H2,34,36,38). The number of hydrogen-bond acceptors (Lipinski definition) is 7. The smallest absolute Gasteiger partial charge is 0.379 e. The molecule has 1 aliphatic rings. The normalized spacial score (nSPS) is 14.1. The Bertz CT molecular complexity index is 1640. The summed E-state index contributed by atoms with van der Waals surface area (Å²) in [5.74, 6) is -1.12. The Labute approximate surface area is 239 Å². The predicted octanol–water partition coefficient (Wildman–Crippen LogP) is 4.52. The molecule has 4 aromatic rings. The van der Waals surface area contributed by atoms with E-state index < -0.39 is 23.6 Å². The highest BCUT2D eigenvalue weighted by molar-refractivity contribution is 6.06. The lowest BCUT2D eigenvalue weighted by Gasteiger charge is -2.26. The molecule has 9 nitrogen and oxygen atoms in total. The molecule has 3 aromatic carbocycles. The van der Waals surface area contributed by atoms with Gasteiger partial charge in [-0.25, -0.2) is 9.97 Å². The van der Waals surface area contributed by atoms with Crippen LogP contribution in [0, 0.1) is 6.92 Å². The first-order chi connectivity index (χ1) is 20.1. The SMILES string of the molecule is Cc1ccc(C(=O)Nc2cc(C(=O)NCCN3CCOCC3)cc(C(F)(F)F)c2)cc1-c1ccc2nc(N)ncc2c1. The highest BCUT2D eigenvalue weighted by Crippen LogP contribution is 2.33. The van der Waals surface area contributed by atoms with E-state index in [-0.39, 0.29) is 29.3 Å². The van der Waals surface area contributed by atoms with Crippen LogP contribution in [0.25, 0.3) is 22.0 Å². The highest BCUT2D eigenvalue weighted by atomic mass is 19.4. The van der Waals surface area contributed by atoms with Gasteiger partial charge in [-0.15, -0.1) is 0 Å². The number of nitrogens with zero attached hydrogens (tertiary/aromatic N) is 3. The Balaban J connectivity index is 1.36. The fourth-order valence-corrected chi connectivity index (χ4v) is 4.74. The number of halogens is 3. The lowest BCUT2D eigenvalue weighted by molar-refractivity contribution is -0.137. The van der Waals surface area contributed by atoms with Crippen LogP contribution in [0.4, 0.5) is 24.8 Å². The van der Waals surface area contributed by atoms with Crippen molar-refractivity contribution in [1.29, 1.82) is 0 Å². The number of nitrogens with one attached hydrogen (secondary N) is 2. The Morgan fingerprint density at radius 3 is 2.55 bits per heavy atom. The summed E-state index contributed by atoms with van der Waals surface area (Å²) >= 11 is 0. The molecule has 0 atom stereocenters. The number of morpholine rings is 1. The molecular weight excluding hydrogens is 549 g/mol. The summed E-state index contributed by atoms with van der Waals surface area (Å²) in [6, 6.07) is 13.3. The molecule has 2 amide bonds. The van der Waals surface area contributed by atoms with Gasteiger partial charge in [0.25, 0.3) is 11.8 Å². The monoisotopic (exact) mass is 578 g/mol. The van der Waals surface area contributed by atoms with Gasteiger partial charge in [0.1, 0.15) is 0 Å². The summed E-state index contributed by atoms with van der Waals surface area (Å²) in [7, 11) is 0. The number of nitrogen functional groups attached to an aromatic ring is 1. The maximum Gasteiger partial charge on any atom is 0.416 e. The van der Waals surface area contributed by atoms with Gasteiger partial charge < -0.3 is 21.1 Å².